The molecule has 6 heteroatoms. The molecule has 0 radical (unpaired) electrons. The Balaban J connectivity index is 3.75. The summed E-state index contributed by atoms with van der Waals surface area (Å²) in [5.41, 5.74) is 0. The van der Waals surface area contributed by atoms with Crippen molar-refractivity contribution in [2.24, 2.45) is 0 Å². The van der Waals surface area contributed by atoms with E-state index in [2.05, 4.69) is 22.9 Å². The molecule has 0 spiro atoms. The van der Waals surface area contributed by atoms with Crippen molar-refractivity contribution < 1.29 is 18.9 Å². The van der Waals surface area contributed by atoms with Gasteiger partial charge in [0.15, 0.2) is 0 Å². The van der Waals surface area contributed by atoms with E-state index in [-0.39, 0.29) is 6.10 Å². The van der Waals surface area contributed by atoms with E-state index < -0.39 is 7.82 Å². The summed E-state index contributed by atoms with van der Waals surface area (Å²) in [6, 6.07) is 0. The van der Waals surface area contributed by atoms with Crippen molar-refractivity contribution in [1.82, 2.24) is 0 Å². The van der Waals surface area contributed by atoms with Crippen molar-refractivity contribution >= 4 is 23.8 Å². The number of alkyl halides is 1. The minimum Gasteiger partial charge on any atom is -0.303 e. The summed E-state index contributed by atoms with van der Waals surface area (Å²) in [5, 5.41) is 1.10. The van der Waals surface area contributed by atoms with Crippen LogP contribution in [0.4, 0.5) is 0 Å². The number of hydrogen-bond acceptors (Lipinski definition) is 2. The standard InChI is InChI=1S/C19H40BrO4P/c1-2-3-4-5-10-13-16-19(24-25(21,22)23)17-14-11-8-6-7-9-12-15-18-20/h19H,2-18H2,1H3,(H2,21,22,23). The zero-order valence-corrected chi connectivity index (χ0v) is 18.6. The van der Waals surface area contributed by atoms with Crippen molar-refractivity contribution in [3.05, 3.63) is 0 Å². The normalized spacial score (nSPS) is 13.3. The predicted octanol–water partition coefficient (Wildman–Crippen LogP) is 7.12. The van der Waals surface area contributed by atoms with Crippen LogP contribution in [0.25, 0.3) is 0 Å². The molecule has 0 aliphatic rings. The number of hydrogen-bond donors (Lipinski definition) is 2. The average Bonchev–Trinajstić information content (AvgIpc) is 2.55. The maximum atomic E-state index is 11.1. The van der Waals surface area contributed by atoms with Crippen molar-refractivity contribution in [3.8, 4) is 0 Å². The summed E-state index contributed by atoms with van der Waals surface area (Å²) >= 11 is 3.45. The van der Waals surface area contributed by atoms with Crippen LogP contribution in [-0.4, -0.2) is 21.2 Å². The number of rotatable bonds is 19. The van der Waals surface area contributed by atoms with E-state index in [9.17, 15) is 4.57 Å². The van der Waals surface area contributed by atoms with Crippen molar-refractivity contribution in [1.29, 1.82) is 0 Å². The first kappa shape index (κ1) is 25.6. The van der Waals surface area contributed by atoms with E-state index in [1.165, 1.54) is 64.2 Å². The van der Waals surface area contributed by atoms with Gasteiger partial charge in [0.05, 0.1) is 6.10 Å². The number of phosphoric ester groups is 1. The Hall–Kier alpha value is 0.590. The summed E-state index contributed by atoms with van der Waals surface area (Å²) in [6.07, 6.45) is 18.2. The van der Waals surface area contributed by atoms with Gasteiger partial charge in [-0.2, -0.15) is 0 Å². The highest BCUT2D eigenvalue weighted by Crippen LogP contribution is 2.39. The van der Waals surface area contributed by atoms with Crippen LogP contribution in [-0.2, 0) is 9.09 Å². The van der Waals surface area contributed by atoms with Gasteiger partial charge in [0.1, 0.15) is 0 Å². The van der Waals surface area contributed by atoms with Crippen LogP contribution in [0.15, 0.2) is 0 Å². The van der Waals surface area contributed by atoms with E-state index in [0.717, 1.165) is 43.9 Å². The van der Waals surface area contributed by atoms with Crippen molar-refractivity contribution in [3.63, 3.8) is 0 Å². The lowest BCUT2D eigenvalue weighted by Gasteiger charge is -2.18. The third kappa shape index (κ3) is 20.8. The number of halogens is 1. The highest BCUT2D eigenvalue weighted by molar-refractivity contribution is 9.09. The second-order valence-electron chi connectivity index (χ2n) is 7.08. The molecule has 25 heavy (non-hydrogen) atoms. The van der Waals surface area contributed by atoms with Gasteiger partial charge in [0.25, 0.3) is 0 Å². The first-order chi connectivity index (χ1) is 12.0. The first-order valence-corrected chi connectivity index (χ1v) is 12.9. The summed E-state index contributed by atoms with van der Waals surface area (Å²) in [7, 11) is -4.37. The summed E-state index contributed by atoms with van der Waals surface area (Å²) in [6.45, 7) is 2.20. The fraction of sp³-hybridized carbons (Fsp3) is 1.00. The van der Waals surface area contributed by atoms with Crippen LogP contribution in [0.2, 0.25) is 0 Å². The summed E-state index contributed by atoms with van der Waals surface area (Å²) in [4.78, 5) is 18.2. The third-order valence-corrected chi connectivity index (χ3v) is 5.71. The molecule has 0 aromatic heterocycles. The highest BCUT2D eigenvalue weighted by atomic mass is 79.9. The quantitative estimate of drug-likeness (QED) is 0.127. The minimum atomic E-state index is -4.37. The summed E-state index contributed by atoms with van der Waals surface area (Å²) < 4.78 is 16.1. The van der Waals surface area contributed by atoms with Gasteiger partial charge in [-0.3, -0.25) is 4.52 Å². The lowest BCUT2D eigenvalue weighted by molar-refractivity contribution is 0.115. The SMILES string of the molecule is CCCCCCCCC(CCCCCCCCCCBr)OP(=O)(O)O. The molecule has 1 unspecified atom stereocenters. The van der Waals surface area contributed by atoms with E-state index in [1.54, 1.807) is 0 Å². The molecular formula is C19H40BrO4P. The minimum absolute atomic E-state index is 0.286. The van der Waals surface area contributed by atoms with Gasteiger partial charge in [0.2, 0.25) is 0 Å². The summed E-state index contributed by atoms with van der Waals surface area (Å²) in [5.74, 6) is 0. The zero-order chi connectivity index (χ0) is 18.8. The number of phosphoric acid groups is 1. The van der Waals surface area contributed by atoms with Crippen LogP contribution in [0.5, 0.6) is 0 Å². The lowest BCUT2D eigenvalue weighted by atomic mass is 10.0. The molecule has 152 valence electrons. The van der Waals surface area contributed by atoms with Crippen molar-refractivity contribution in [2.45, 2.75) is 116 Å². The molecular weight excluding hydrogens is 403 g/mol. The molecule has 0 bridgehead atoms. The maximum absolute atomic E-state index is 11.1. The van der Waals surface area contributed by atoms with Gasteiger partial charge < -0.3 is 9.79 Å². The molecule has 0 aromatic carbocycles. The Labute approximate surface area is 163 Å². The molecule has 0 rings (SSSR count). The Bertz CT molecular complexity index is 323. The first-order valence-electron chi connectivity index (χ1n) is 10.3. The highest BCUT2D eigenvalue weighted by Gasteiger charge is 2.21. The molecule has 0 fully saturated rings. The van der Waals surface area contributed by atoms with Crippen LogP contribution in [0.1, 0.15) is 110 Å². The Kier molecular flexibility index (Phi) is 18.4. The molecule has 2 N–H and O–H groups in total. The van der Waals surface area contributed by atoms with E-state index in [4.69, 9.17) is 14.3 Å². The maximum Gasteiger partial charge on any atom is 0.469 e. The molecule has 4 nitrogen and oxygen atoms in total. The van der Waals surface area contributed by atoms with E-state index >= 15 is 0 Å². The smallest absolute Gasteiger partial charge is 0.303 e. The second kappa shape index (κ2) is 18.0. The van der Waals surface area contributed by atoms with Crippen LogP contribution >= 0.6 is 23.8 Å². The molecule has 1 atom stereocenters. The Morgan fingerprint density at radius 1 is 0.760 bits per heavy atom. The molecule has 0 saturated carbocycles. The molecule has 0 amide bonds. The monoisotopic (exact) mass is 442 g/mol. The van der Waals surface area contributed by atoms with Crippen LogP contribution in [0, 0.1) is 0 Å². The lowest BCUT2D eigenvalue weighted by Crippen LogP contribution is -2.11. The zero-order valence-electron chi connectivity index (χ0n) is 16.1. The van der Waals surface area contributed by atoms with E-state index in [1.807, 2.05) is 0 Å². The van der Waals surface area contributed by atoms with Gasteiger partial charge in [0, 0.05) is 5.33 Å². The number of unbranched alkanes of at least 4 members (excludes halogenated alkanes) is 12. The molecule has 0 aliphatic carbocycles. The van der Waals surface area contributed by atoms with Gasteiger partial charge in [-0.25, -0.2) is 4.57 Å². The molecule has 0 saturated heterocycles. The van der Waals surface area contributed by atoms with Gasteiger partial charge >= 0.3 is 7.82 Å². The van der Waals surface area contributed by atoms with Gasteiger partial charge in [-0.05, 0) is 19.3 Å². The topological polar surface area (TPSA) is 66.8 Å². The fourth-order valence-electron chi connectivity index (χ4n) is 3.12. The Morgan fingerprint density at radius 2 is 1.16 bits per heavy atom. The molecule has 0 heterocycles. The van der Waals surface area contributed by atoms with E-state index in [0.29, 0.717) is 0 Å². The van der Waals surface area contributed by atoms with Gasteiger partial charge in [-0.15, -0.1) is 0 Å². The molecule has 0 aliphatic heterocycles. The van der Waals surface area contributed by atoms with Gasteiger partial charge in [-0.1, -0.05) is 106 Å². The average molecular weight is 443 g/mol. The third-order valence-electron chi connectivity index (χ3n) is 4.58. The van der Waals surface area contributed by atoms with Crippen LogP contribution in [0.3, 0.4) is 0 Å². The second-order valence-corrected chi connectivity index (χ2v) is 9.07. The van der Waals surface area contributed by atoms with Crippen LogP contribution < -0.4 is 0 Å². The Morgan fingerprint density at radius 3 is 1.56 bits per heavy atom. The fourth-order valence-corrected chi connectivity index (χ4v) is 4.12. The van der Waals surface area contributed by atoms with Crippen molar-refractivity contribution in [2.75, 3.05) is 5.33 Å². The predicted molar refractivity (Wildman–Crippen MR) is 110 cm³/mol. The largest absolute Gasteiger partial charge is 0.469 e. The molecule has 0 aromatic rings.